The van der Waals surface area contributed by atoms with Crippen LogP contribution in [-0.4, -0.2) is 30.0 Å². The Morgan fingerprint density at radius 3 is 2.67 bits per heavy atom. The molecule has 0 radical (unpaired) electrons. The molecule has 1 saturated carbocycles. The summed E-state index contributed by atoms with van der Waals surface area (Å²) in [6.45, 7) is 4.48. The lowest BCUT2D eigenvalue weighted by atomic mass is 10.0. The van der Waals surface area contributed by atoms with E-state index in [4.69, 9.17) is 4.98 Å². The second-order valence-electron chi connectivity index (χ2n) is 5.80. The van der Waals surface area contributed by atoms with Gasteiger partial charge < -0.3 is 5.32 Å². The van der Waals surface area contributed by atoms with Crippen LogP contribution >= 0.6 is 0 Å². The van der Waals surface area contributed by atoms with Crippen molar-refractivity contribution in [1.29, 1.82) is 0 Å². The van der Waals surface area contributed by atoms with Gasteiger partial charge in [-0.25, -0.2) is 0 Å². The highest BCUT2D eigenvalue weighted by molar-refractivity contribution is 5.11. The molecular weight excluding hydrogens is 222 g/mol. The summed E-state index contributed by atoms with van der Waals surface area (Å²) < 4.78 is 0. The Balaban J connectivity index is 1.61. The van der Waals surface area contributed by atoms with Crippen LogP contribution in [0.4, 0.5) is 0 Å². The third kappa shape index (κ3) is 2.57. The average molecular weight is 245 g/mol. The number of fused-ring (bicyclic) bond motifs is 1. The van der Waals surface area contributed by atoms with Crippen LogP contribution in [0.25, 0.3) is 0 Å². The Morgan fingerprint density at radius 1 is 1.22 bits per heavy atom. The zero-order chi connectivity index (χ0) is 12.4. The predicted molar refractivity (Wildman–Crippen MR) is 73.1 cm³/mol. The van der Waals surface area contributed by atoms with Gasteiger partial charge in [0.25, 0.3) is 0 Å². The van der Waals surface area contributed by atoms with Crippen LogP contribution in [0.1, 0.15) is 30.7 Å². The van der Waals surface area contributed by atoms with Crippen molar-refractivity contribution in [2.24, 2.45) is 11.8 Å². The van der Waals surface area contributed by atoms with Gasteiger partial charge in [-0.3, -0.25) is 9.88 Å². The molecule has 3 rings (SSSR count). The Bertz CT molecular complexity index is 392. The Hall–Kier alpha value is -0.930. The van der Waals surface area contributed by atoms with E-state index >= 15 is 0 Å². The largest absolute Gasteiger partial charge is 0.314 e. The summed E-state index contributed by atoms with van der Waals surface area (Å²) in [7, 11) is 1.97. The fourth-order valence-corrected chi connectivity index (χ4v) is 3.59. The van der Waals surface area contributed by atoms with Crippen LogP contribution in [0.2, 0.25) is 0 Å². The van der Waals surface area contributed by atoms with Gasteiger partial charge >= 0.3 is 0 Å². The van der Waals surface area contributed by atoms with Crippen LogP contribution < -0.4 is 5.32 Å². The molecule has 3 nitrogen and oxygen atoms in total. The molecule has 2 atom stereocenters. The molecule has 1 aliphatic carbocycles. The number of rotatable bonds is 4. The molecule has 2 unspecified atom stereocenters. The molecule has 2 heterocycles. The lowest BCUT2D eigenvalue weighted by Gasteiger charge is -2.16. The van der Waals surface area contributed by atoms with Crippen molar-refractivity contribution in [1.82, 2.24) is 15.2 Å². The molecule has 0 amide bonds. The minimum Gasteiger partial charge on any atom is -0.314 e. The van der Waals surface area contributed by atoms with Gasteiger partial charge in [-0.15, -0.1) is 0 Å². The summed E-state index contributed by atoms with van der Waals surface area (Å²) in [5.74, 6) is 1.95. The first-order valence-electron chi connectivity index (χ1n) is 7.17. The number of pyridine rings is 1. The van der Waals surface area contributed by atoms with Gasteiger partial charge in [0.1, 0.15) is 0 Å². The van der Waals surface area contributed by atoms with Crippen LogP contribution in [0.3, 0.4) is 0 Å². The number of nitrogens with zero attached hydrogens (tertiary/aromatic N) is 2. The van der Waals surface area contributed by atoms with E-state index in [9.17, 15) is 0 Å². The summed E-state index contributed by atoms with van der Waals surface area (Å²) in [5.41, 5.74) is 2.37. The summed E-state index contributed by atoms with van der Waals surface area (Å²) >= 11 is 0. The first-order chi connectivity index (χ1) is 8.85. The van der Waals surface area contributed by atoms with Gasteiger partial charge in [0, 0.05) is 26.2 Å². The molecule has 1 N–H and O–H groups in total. The third-order valence-electron chi connectivity index (χ3n) is 4.41. The lowest BCUT2D eigenvalue weighted by molar-refractivity contribution is 0.299. The lowest BCUT2D eigenvalue weighted by Crippen LogP contribution is -2.22. The highest BCUT2D eigenvalue weighted by Gasteiger charge is 2.35. The SMILES string of the molecule is CNCc1cccc(CN2CC3CCCC3C2)n1. The predicted octanol–water partition coefficient (Wildman–Crippen LogP) is 2.03. The molecular formula is C15H23N3. The second-order valence-corrected chi connectivity index (χ2v) is 5.80. The van der Waals surface area contributed by atoms with E-state index in [1.54, 1.807) is 0 Å². The number of likely N-dealkylation sites (tertiary alicyclic amines) is 1. The number of hydrogen-bond acceptors (Lipinski definition) is 3. The van der Waals surface area contributed by atoms with Gasteiger partial charge in [0.2, 0.25) is 0 Å². The van der Waals surface area contributed by atoms with E-state index in [0.717, 1.165) is 30.6 Å². The van der Waals surface area contributed by atoms with Crippen LogP contribution in [-0.2, 0) is 13.1 Å². The van der Waals surface area contributed by atoms with Gasteiger partial charge in [-0.2, -0.15) is 0 Å². The average Bonchev–Trinajstić information content (AvgIpc) is 2.90. The van der Waals surface area contributed by atoms with Crippen LogP contribution in [0.5, 0.6) is 0 Å². The van der Waals surface area contributed by atoms with E-state index in [0.29, 0.717) is 0 Å². The summed E-state index contributed by atoms with van der Waals surface area (Å²) in [5, 5.41) is 3.16. The van der Waals surface area contributed by atoms with Crippen LogP contribution in [0, 0.1) is 11.8 Å². The fourth-order valence-electron chi connectivity index (χ4n) is 3.59. The molecule has 3 heteroatoms. The van der Waals surface area contributed by atoms with Gasteiger partial charge in [0.05, 0.1) is 11.4 Å². The number of nitrogens with one attached hydrogen (secondary N) is 1. The van der Waals surface area contributed by atoms with E-state index < -0.39 is 0 Å². The smallest absolute Gasteiger partial charge is 0.0547 e. The van der Waals surface area contributed by atoms with Crippen molar-refractivity contribution < 1.29 is 0 Å². The van der Waals surface area contributed by atoms with Gasteiger partial charge in [-0.05, 0) is 43.9 Å². The van der Waals surface area contributed by atoms with Crippen molar-refractivity contribution in [3.63, 3.8) is 0 Å². The molecule has 1 aliphatic heterocycles. The zero-order valence-electron chi connectivity index (χ0n) is 11.2. The molecule has 2 aliphatic rings. The molecule has 0 aromatic carbocycles. The van der Waals surface area contributed by atoms with Gasteiger partial charge in [-0.1, -0.05) is 12.5 Å². The van der Waals surface area contributed by atoms with E-state index in [-0.39, 0.29) is 0 Å². The molecule has 0 spiro atoms. The van der Waals surface area contributed by atoms with Crippen molar-refractivity contribution in [3.8, 4) is 0 Å². The maximum absolute atomic E-state index is 4.72. The fraction of sp³-hybridized carbons (Fsp3) is 0.667. The third-order valence-corrected chi connectivity index (χ3v) is 4.41. The summed E-state index contributed by atoms with van der Waals surface area (Å²) in [6, 6.07) is 6.39. The van der Waals surface area contributed by atoms with E-state index in [1.807, 2.05) is 7.05 Å². The first kappa shape index (κ1) is 12.1. The van der Waals surface area contributed by atoms with Crippen molar-refractivity contribution in [3.05, 3.63) is 29.6 Å². The molecule has 1 aromatic heterocycles. The first-order valence-corrected chi connectivity index (χ1v) is 7.17. The second kappa shape index (κ2) is 5.37. The van der Waals surface area contributed by atoms with E-state index in [1.165, 1.54) is 38.0 Å². The van der Waals surface area contributed by atoms with Crippen molar-refractivity contribution in [2.45, 2.75) is 32.4 Å². The summed E-state index contributed by atoms with van der Waals surface area (Å²) in [4.78, 5) is 7.31. The quantitative estimate of drug-likeness (QED) is 0.880. The molecule has 1 aromatic rings. The maximum Gasteiger partial charge on any atom is 0.0547 e. The topological polar surface area (TPSA) is 28.2 Å². The maximum atomic E-state index is 4.72. The minimum atomic E-state index is 0.860. The Kier molecular flexibility index (Phi) is 3.62. The van der Waals surface area contributed by atoms with Crippen molar-refractivity contribution in [2.75, 3.05) is 20.1 Å². The number of aromatic nitrogens is 1. The molecule has 1 saturated heterocycles. The van der Waals surface area contributed by atoms with Crippen molar-refractivity contribution >= 4 is 0 Å². The number of hydrogen-bond donors (Lipinski definition) is 1. The molecule has 2 fully saturated rings. The molecule has 0 bridgehead atoms. The Labute approximate surface area is 110 Å². The Morgan fingerprint density at radius 2 is 1.94 bits per heavy atom. The molecule has 18 heavy (non-hydrogen) atoms. The standard InChI is InChI=1S/C15H23N3/c1-16-8-14-6-3-7-15(17-14)11-18-9-12-4-2-5-13(12)10-18/h3,6-7,12-13,16H,2,4-5,8-11H2,1H3. The summed E-state index contributed by atoms with van der Waals surface area (Å²) in [6.07, 6.45) is 4.36. The highest BCUT2D eigenvalue weighted by Crippen LogP contribution is 2.37. The van der Waals surface area contributed by atoms with E-state index in [2.05, 4.69) is 28.4 Å². The zero-order valence-corrected chi connectivity index (χ0v) is 11.2. The van der Waals surface area contributed by atoms with Gasteiger partial charge in [0.15, 0.2) is 0 Å². The minimum absolute atomic E-state index is 0.860. The molecule has 98 valence electrons. The highest BCUT2D eigenvalue weighted by atomic mass is 15.2. The monoisotopic (exact) mass is 245 g/mol. The normalized spacial score (nSPS) is 27.6. The van der Waals surface area contributed by atoms with Crippen LogP contribution in [0.15, 0.2) is 18.2 Å².